The molecule has 8 nitrogen and oxygen atoms in total. The number of hydrogen-bond acceptors (Lipinski definition) is 6. The minimum absolute atomic E-state index is 0.184. The van der Waals surface area contributed by atoms with E-state index in [1.165, 1.54) is 12.1 Å². The van der Waals surface area contributed by atoms with Gasteiger partial charge in [0.05, 0.1) is 12.7 Å². The van der Waals surface area contributed by atoms with E-state index in [2.05, 4.69) is 10.6 Å². The molecule has 0 aromatic heterocycles. The second-order valence-corrected chi connectivity index (χ2v) is 7.22. The molecule has 0 unspecified atom stereocenters. The van der Waals surface area contributed by atoms with Crippen molar-refractivity contribution in [3.8, 4) is 11.5 Å². The lowest BCUT2D eigenvalue weighted by molar-refractivity contribution is -0.125. The van der Waals surface area contributed by atoms with Crippen molar-refractivity contribution >= 4 is 23.5 Å². The molecule has 0 atom stereocenters. The summed E-state index contributed by atoms with van der Waals surface area (Å²) >= 11 is 0. The molecule has 31 heavy (non-hydrogen) atoms. The van der Waals surface area contributed by atoms with E-state index in [-0.39, 0.29) is 31.1 Å². The highest BCUT2D eigenvalue weighted by atomic mass is 16.5. The number of carbonyl (C=O) groups is 3. The molecule has 3 rings (SSSR count). The van der Waals surface area contributed by atoms with Crippen molar-refractivity contribution in [1.29, 1.82) is 0 Å². The van der Waals surface area contributed by atoms with Crippen molar-refractivity contribution < 1.29 is 28.6 Å². The van der Waals surface area contributed by atoms with Crippen molar-refractivity contribution in [1.82, 2.24) is 5.32 Å². The van der Waals surface area contributed by atoms with Crippen molar-refractivity contribution in [3.05, 3.63) is 54.1 Å². The van der Waals surface area contributed by atoms with Gasteiger partial charge in [-0.3, -0.25) is 9.59 Å². The normalized spacial score (nSPS) is 13.3. The molecular formula is C23H26N2O6. The summed E-state index contributed by atoms with van der Waals surface area (Å²) in [5.41, 5.74) is 0.893. The standard InChI is InChI=1S/C23H26N2O6/c1-29-20-8-4-7-18(13-20)25-21(26)14-30-19-11-9-16(10-12-19)23(28)31-15-22(27)24-17-5-2-3-6-17/h4,7-13,17H,2-3,5-6,14-15H2,1H3,(H,24,27)(H,25,26). The molecule has 1 saturated carbocycles. The quantitative estimate of drug-likeness (QED) is 0.598. The van der Waals surface area contributed by atoms with Crippen molar-refractivity contribution in [3.63, 3.8) is 0 Å². The van der Waals surface area contributed by atoms with Crippen molar-refractivity contribution in [2.45, 2.75) is 31.7 Å². The van der Waals surface area contributed by atoms with Crippen LogP contribution in [0.4, 0.5) is 5.69 Å². The average molecular weight is 426 g/mol. The predicted octanol–water partition coefficient (Wildman–Crippen LogP) is 2.93. The van der Waals surface area contributed by atoms with Gasteiger partial charge in [0.25, 0.3) is 11.8 Å². The SMILES string of the molecule is COc1cccc(NC(=O)COc2ccc(C(=O)OCC(=O)NC3CCCC3)cc2)c1. The fraction of sp³-hybridized carbons (Fsp3) is 0.348. The Balaban J connectivity index is 1.41. The third-order valence-corrected chi connectivity index (χ3v) is 4.87. The molecular weight excluding hydrogens is 400 g/mol. The summed E-state index contributed by atoms with van der Waals surface area (Å²) in [5.74, 6) is -0.148. The number of rotatable bonds is 9. The second-order valence-electron chi connectivity index (χ2n) is 7.22. The second kappa shape index (κ2) is 11.0. The van der Waals surface area contributed by atoms with Gasteiger partial charge in [0.2, 0.25) is 0 Å². The number of ether oxygens (including phenoxy) is 3. The molecule has 164 valence electrons. The van der Waals surface area contributed by atoms with Gasteiger partial charge in [-0.25, -0.2) is 4.79 Å². The molecule has 2 N–H and O–H groups in total. The van der Waals surface area contributed by atoms with Crippen LogP contribution in [0.15, 0.2) is 48.5 Å². The number of nitrogens with one attached hydrogen (secondary N) is 2. The molecule has 2 aromatic rings. The van der Waals surface area contributed by atoms with Crippen molar-refractivity contribution in [2.24, 2.45) is 0 Å². The zero-order chi connectivity index (χ0) is 22.1. The van der Waals surface area contributed by atoms with Crippen LogP contribution in [0, 0.1) is 0 Å². The van der Waals surface area contributed by atoms with Gasteiger partial charge < -0.3 is 24.8 Å². The maximum Gasteiger partial charge on any atom is 0.338 e. The van der Waals surface area contributed by atoms with Gasteiger partial charge in [-0.05, 0) is 49.2 Å². The van der Waals surface area contributed by atoms with E-state index < -0.39 is 5.97 Å². The van der Waals surface area contributed by atoms with Crippen LogP contribution in [0.25, 0.3) is 0 Å². The van der Waals surface area contributed by atoms with Crippen LogP contribution in [0.2, 0.25) is 0 Å². The van der Waals surface area contributed by atoms with Gasteiger partial charge in [-0.2, -0.15) is 0 Å². The van der Waals surface area contributed by atoms with Crippen LogP contribution in [0.3, 0.4) is 0 Å². The molecule has 2 aromatic carbocycles. The lowest BCUT2D eigenvalue weighted by Gasteiger charge is -2.12. The molecule has 8 heteroatoms. The van der Waals surface area contributed by atoms with Crippen LogP contribution in [-0.4, -0.2) is 44.1 Å². The summed E-state index contributed by atoms with van der Waals surface area (Å²) in [6, 6.07) is 13.3. The first-order chi connectivity index (χ1) is 15.0. The van der Waals surface area contributed by atoms with Crippen molar-refractivity contribution in [2.75, 3.05) is 25.6 Å². The number of methoxy groups -OCH3 is 1. The monoisotopic (exact) mass is 426 g/mol. The maximum absolute atomic E-state index is 12.1. The van der Waals surface area contributed by atoms with E-state index in [9.17, 15) is 14.4 Å². The Morgan fingerprint density at radius 1 is 0.935 bits per heavy atom. The number of amides is 2. The highest BCUT2D eigenvalue weighted by molar-refractivity contribution is 5.92. The first-order valence-corrected chi connectivity index (χ1v) is 10.2. The fourth-order valence-corrected chi connectivity index (χ4v) is 3.29. The lowest BCUT2D eigenvalue weighted by atomic mass is 10.2. The molecule has 2 amide bonds. The van der Waals surface area contributed by atoms with Crippen LogP contribution >= 0.6 is 0 Å². The highest BCUT2D eigenvalue weighted by Gasteiger charge is 2.18. The third-order valence-electron chi connectivity index (χ3n) is 4.87. The Labute approximate surface area is 180 Å². The van der Waals surface area contributed by atoms with E-state index in [0.29, 0.717) is 22.7 Å². The summed E-state index contributed by atoms with van der Waals surface area (Å²) in [5, 5.41) is 5.58. The Morgan fingerprint density at radius 3 is 2.39 bits per heavy atom. The van der Waals surface area contributed by atoms with Crippen LogP contribution in [-0.2, 0) is 14.3 Å². The largest absolute Gasteiger partial charge is 0.497 e. The van der Waals surface area contributed by atoms with Crippen LogP contribution < -0.4 is 20.1 Å². The summed E-state index contributed by atoms with van der Waals surface area (Å²) in [6.45, 7) is -0.500. The lowest BCUT2D eigenvalue weighted by Crippen LogP contribution is -2.35. The van der Waals surface area contributed by atoms with E-state index in [4.69, 9.17) is 14.2 Å². The molecule has 0 aliphatic heterocycles. The van der Waals surface area contributed by atoms with E-state index in [1.54, 1.807) is 43.5 Å². The van der Waals surface area contributed by atoms with Crippen LogP contribution in [0.1, 0.15) is 36.0 Å². The molecule has 0 heterocycles. The summed E-state index contributed by atoms with van der Waals surface area (Å²) in [7, 11) is 1.55. The fourth-order valence-electron chi connectivity index (χ4n) is 3.29. The van der Waals surface area contributed by atoms with E-state index in [0.717, 1.165) is 25.7 Å². The number of carbonyl (C=O) groups excluding carboxylic acids is 3. The molecule has 0 saturated heterocycles. The molecule has 0 radical (unpaired) electrons. The summed E-state index contributed by atoms with van der Waals surface area (Å²) < 4.78 is 15.6. The number of hydrogen-bond donors (Lipinski definition) is 2. The Hall–Kier alpha value is -3.55. The molecule has 1 aliphatic rings. The maximum atomic E-state index is 12.1. The zero-order valence-electron chi connectivity index (χ0n) is 17.4. The van der Waals surface area contributed by atoms with Gasteiger partial charge >= 0.3 is 5.97 Å². The van der Waals surface area contributed by atoms with Crippen LogP contribution in [0.5, 0.6) is 11.5 Å². The minimum Gasteiger partial charge on any atom is -0.497 e. The van der Waals surface area contributed by atoms with Gasteiger partial charge in [0.1, 0.15) is 11.5 Å². The Kier molecular flexibility index (Phi) is 7.86. The van der Waals surface area contributed by atoms with E-state index in [1.807, 2.05) is 0 Å². The van der Waals surface area contributed by atoms with Gasteiger partial charge in [-0.1, -0.05) is 18.9 Å². The van der Waals surface area contributed by atoms with E-state index >= 15 is 0 Å². The molecule has 0 bridgehead atoms. The molecule has 1 fully saturated rings. The highest BCUT2D eigenvalue weighted by Crippen LogP contribution is 2.18. The minimum atomic E-state index is -0.594. The number of anilines is 1. The topological polar surface area (TPSA) is 103 Å². The Bertz CT molecular complexity index is 907. The predicted molar refractivity (Wildman–Crippen MR) is 114 cm³/mol. The first-order valence-electron chi connectivity index (χ1n) is 10.2. The number of benzene rings is 2. The summed E-state index contributed by atoms with van der Waals surface area (Å²) in [6.07, 6.45) is 4.17. The molecule has 0 spiro atoms. The summed E-state index contributed by atoms with van der Waals surface area (Å²) in [4.78, 5) is 36.0. The van der Waals surface area contributed by atoms with Gasteiger partial charge in [0.15, 0.2) is 13.2 Å². The first kappa shape index (κ1) is 22.1. The zero-order valence-corrected chi connectivity index (χ0v) is 17.4. The smallest absolute Gasteiger partial charge is 0.338 e. The number of esters is 1. The van der Waals surface area contributed by atoms with Gasteiger partial charge in [0, 0.05) is 17.8 Å². The molecule has 1 aliphatic carbocycles. The third kappa shape index (κ3) is 7.02. The average Bonchev–Trinajstić information content (AvgIpc) is 3.29. The van der Waals surface area contributed by atoms with Gasteiger partial charge in [-0.15, -0.1) is 0 Å². The Morgan fingerprint density at radius 2 is 1.68 bits per heavy atom.